The van der Waals surface area contributed by atoms with Gasteiger partial charge in [-0.05, 0) is 59.7 Å². The lowest BCUT2D eigenvalue weighted by Crippen LogP contribution is -2.51. The van der Waals surface area contributed by atoms with E-state index in [1.165, 1.54) is 31.5 Å². The maximum atomic E-state index is 16.2. The van der Waals surface area contributed by atoms with E-state index in [4.69, 9.17) is 4.74 Å². The van der Waals surface area contributed by atoms with Crippen molar-refractivity contribution in [1.82, 2.24) is 15.0 Å². The van der Waals surface area contributed by atoms with E-state index in [0.717, 1.165) is 6.42 Å². The highest BCUT2D eigenvalue weighted by Gasteiger charge is 2.37. The number of aromatic nitrogens is 3. The molecule has 0 bridgehead atoms. The third-order valence-electron chi connectivity index (χ3n) is 7.46. The van der Waals surface area contributed by atoms with Gasteiger partial charge in [0.05, 0.1) is 18.1 Å². The van der Waals surface area contributed by atoms with Gasteiger partial charge in [0, 0.05) is 24.8 Å². The van der Waals surface area contributed by atoms with Gasteiger partial charge in [0.1, 0.15) is 28.6 Å². The Morgan fingerprint density at radius 1 is 1.19 bits per heavy atom. The molecule has 0 radical (unpaired) electrons. The number of nitrogens with zero attached hydrogens (tertiary/aromatic N) is 4. The number of anilines is 1. The van der Waals surface area contributed by atoms with Crippen molar-refractivity contribution in [2.45, 2.75) is 45.6 Å². The summed E-state index contributed by atoms with van der Waals surface area (Å²) in [6.45, 7) is 6.73. The fourth-order valence-electron chi connectivity index (χ4n) is 5.29. The Labute approximate surface area is 213 Å². The number of phenolic OH excluding ortho intramolecular Hbond substituents is 1. The van der Waals surface area contributed by atoms with Gasteiger partial charge in [-0.15, -0.1) is 0 Å². The number of pyridine rings is 1. The van der Waals surface area contributed by atoms with E-state index in [0.29, 0.717) is 53.5 Å². The van der Waals surface area contributed by atoms with Gasteiger partial charge in [-0.2, -0.15) is 9.97 Å². The third kappa shape index (κ3) is 4.21. The van der Waals surface area contributed by atoms with Crippen molar-refractivity contribution in [3.8, 4) is 23.0 Å². The van der Waals surface area contributed by atoms with Gasteiger partial charge in [-0.1, -0.05) is 26.8 Å². The summed E-state index contributed by atoms with van der Waals surface area (Å²) in [5.41, 5.74) is -0.280. The van der Waals surface area contributed by atoms with Crippen LogP contribution in [0.3, 0.4) is 0 Å². The summed E-state index contributed by atoms with van der Waals surface area (Å²) >= 11 is 0. The zero-order valence-electron chi connectivity index (χ0n) is 21.3. The highest BCUT2D eigenvalue weighted by atomic mass is 19.1. The second kappa shape index (κ2) is 9.37. The van der Waals surface area contributed by atoms with E-state index in [9.17, 15) is 14.6 Å². The summed E-state index contributed by atoms with van der Waals surface area (Å²) in [6, 6.07) is 5.80. The van der Waals surface area contributed by atoms with Crippen molar-refractivity contribution in [3.05, 3.63) is 47.7 Å². The fourth-order valence-corrected chi connectivity index (χ4v) is 5.29. The molecule has 0 spiro atoms. The molecule has 0 aliphatic carbocycles. The third-order valence-corrected chi connectivity index (χ3v) is 7.46. The molecular formula is C28H30F2N4O3. The van der Waals surface area contributed by atoms with Gasteiger partial charge in [-0.25, -0.2) is 8.78 Å². The van der Waals surface area contributed by atoms with Crippen LogP contribution in [0.1, 0.15) is 39.2 Å². The number of aromatic hydroxyl groups is 1. The molecule has 0 saturated carbocycles. The van der Waals surface area contributed by atoms with E-state index in [1.807, 2.05) is 25.7 Å². The molecular weight excluding hydrogens is 478 g/mol. The number of hydrogen-bond acceptors (Lipinski definition) is 7. The molecule has 9 heteroatoms. The molecule has 2 aromatic heterocycles. The highest BCUT2D eigenvalue weighted by Crippen LogP contribution is 2.40. The minimum absolute atomic E-state index is 0.00328. The Kier molecular flexibility index (Phi) is 6.35. The lowest BCUT2D eigenvalue weighted by molar-refractivity contribution is -0.0168. The van der Waals surface area contributed by atoms with Gasteiger partial charge in [-0.3, -0.25) is 4.98 Å². The number of aryl methyl sites for hydroxylation is 1. The number of halogens is 2. The van der Waals surface area contributed by atoms with Crippen LogP contribution in [-0.2, 0) is 6.42 Å². The van der Waals surface area contributed by atoms with Crippen LogP contribution in [0.15, 0.2) is 30.5 Å². The predicted octanol–water partition coefficient (Wildman–Crippen LogP) is 5.39. The molecule has 2 N–H and O–H groups in total. The van der Waals surface area contributed by atoms with Crippen LogP contribution in [0.4, 0.5) is 14.6 Å². The average molecular weight is 509 g/mol. The molecule has 1 atom stereocenters. The second-order valence-corrected chi connectivity index (χ2v) is 9.97. The average Bonchev–Trinajstić information content (AvgIpc) is 2.88. The standard InChI is InChI=1S/C28H30F2N4O3/c1-5-18-21(29)8-7-16-11-17(35)12-19(22(16)18)24-23(30)25-20(13-31-24)26(33-27(32-25)37-4)34-10-6-9-28(36,14-34)15(2)3/h7-8,11-13,15,35-36H,5-6,9-10,14H2,1-4H3. The summed E-state index contributed by atoms with van der Waals surface area (Å²) in [7, 11) is 1.41. The van der Waals surface area contributed by atoms with Crippen LogP contribution in [0.2, 0.25) is 0 Å². The number of methoxy groups -OCH3 is 1. The van der Waals surface area contributed by atoms with Crippen LogP contribution in [0.25, 0.3) is 32.9 Å². The molecule has 7 nitrogen and oxygen atoms in total. The van der Waals surface area contributed by atoms with Crippen LogP contribution in [0, 0.1) is 17.6 Å². The van der Waals surface area contributed by atoms with Crippen LogP contribution < -0.4 is 9.64 Å². The Hall–Kier alpha value is -3.59. The quantitative estimate of drug-likeness (QED) is 0.374. The molecule has 2 aromatic carbocycles. The minimum atomic E-state index is -0.907. The number of benzene rings is 2. The Morgan fingerprint density at radius 2 is 1.97 bits per heavy atom. The van der Waals surface area contributed by atoms with Gasteiger partial charge in [0.2, 0.25) is 0 Å². The number of β-amino-alcohol motifs (C(OH)–C–C–N with tert-alkyl or cyclic N) is 1. The first-order chi connectivity index (χ1) is 17.7. The largest absolute Gasteiger partial charge is 0.508 e. The van der Waals surface area contributed by atoms with E-state index >= 15 is 4.39 Å². The molecule has 4 aromatic rings. The summed E-state index contributed by atoms with van der Waals surface area (Å²) in [5, 5.41) is 23.0. The molecule has 0 amide bonds. The zero-order valence-corrected chi connectivity index (χ0v) is 21.3. The van der Waals surface area contributed by atoms with Crippen molar-refractivity contribution in [3.63, 3.8) is 0 Å². The summed E-state index contributed by atoms with van der Waals surface area (Å²) in [6.07, 6.45) is 3.28. The van der Waals surface area contributed by atoms with Crippen LogP contribution >= 0.6 is 0 Å². The van der Waals surface area contributed by atoms with Crippen molar-refractivity contribution < 1.29 is 23.7 Å². The zero-order chi connectivity index (χ0) is 26.5. The summed E-state index contributed by atoms with van der Waals surface area (Å²) < 4.78 is 36.3. The summed E-state index contributed by atoms with van der Waals surface area (Å²) in [5.74, 6) is -0.760. The molecule has 5 rings (SSSR count). The minimum Gasteiger partial charge on any atom is -0.508 e. The van der Waals surface area contributed by atoms with Crippen molar-refractivity contribution in [1.29, 1.82) is 0 Å². The first kappa shape index (κ1) is 25.1. The number of ether oxygens (including phenoxy) is 1. The van der Waals surface area contributed by atoms with E-state index in [1.54, 1.807) is 6.07 Å². The van der Waals surface area contributed by atoms with Crippen molar-refractivity contribution in [2.24, 2.45) is 5.92 Å². The molecule has 194 valence electrons. The van der Waals surface area contributed by atoms with Crippen LogP contribution in [0.5, 0.6) is 11.8 Å². The maximum Gasteiger partial charge on any atom is 0.318 e. The number of piperidine rings is 1. The number of aliphatic hydroxyl groups is 1. The van der Waals surface area contributed by atoms with Crippen molar-refractivity contribution in [2.75, 3.05) is 25.1 Å². The van der Waals surface area contributed by atoms with Crippen molar-refractivity contribution >= 4 is 27.5 Å². The lowest BCUT2D eigenvalue weighted by atomic mass is 9.83. The number of rotatable bonds is 5. The van der Waals surface area contributed by atoms with Gasteiger partial charge >= 0.3 is 6.01 Å². The molecule has 1 aliphatic heterocycles. The Balaban J connectivity index is 1.74. The molecule has 1 saturated heterocycles. The fraction of sp³-hybridized carbons (Fsp3) is 0.393. The smallest absolute Gasteiger partial charge is 0.318 e. The predicted molar refractivity (Wildman–Crippen MR) is 139 cm³/mol. The monoisotopic (exact) mass is 508 g/mol. The van der Waals surface area contributed by atoms with Gasteiger partial charge < -0.3 is 19.8 Å². The first-order valence-electron chi connectivity index (χ1n) is 12.5. The molecule has 37 heavy (non-hydrogen) atoms. The molecule has 1 unspecified atom stereocenters. The highest BCUT2D eigenvalue weighted by molar-refractivity contribution is 6.01. The van der Waals surface area contributed by atoms with Gasteiger partial charge in [0.15, 0.2) is 5.82 Å². The molecule has 3 heterocycles. The van der Waals surface area contributed by atoms with Gasteiger partial charge in [0.25, 0.3) is 0 Å². The maximum absolute atomic E-state index is 16.2. The number of phenols is 1. The topological polar surface area (TPSA) is 91.6 Å². The Bertz CT molecular complexity index is 1510. The van der Waals surface area contributed by atoms with Crippen LogP contribution in [-0.4, -0.2) is 51.0 Å². The summed E-state index contributed by atoms with van der Waals surface area (Å²) in [4.78, 5) is 15.2. The SMILES string of the molecule is CCc1c(F)ccc2cc(O)cc(-c3ncc4c(N5CCCC(O)(C(C)C)C5)nc(OC)nc4c3F)c12. The van der Waals surface area contributed by atoms with E-state index in [-0.39, 0.29) is 34.5 Å². The molecule has 1 fully saturated rings. The number of fused-ring (bicyclic) bond motifs is 2. The van der Waals surface area contributed by atoms with E-state index < -0.39 is 17.2 Å². The van der Waals surface area contributed by atoms with E-state index in [2.05, 4.69) is 15.0 Å². The number of hydrogen-bond donors (Lipinski definition) is 2. The molecule has 1 aliphatic rings. The second-order valence-electron chi connectivity index (χ2n) is 9.97. The first-order valence-corrected chi connectivity index (χ1v) is 12.5. The normalized spacial score (nSPS) is 18.2. The Morgan fingerprint density at radius 3 is 2.68 bits per heavy atom. The lowest BCUT2D eigenvalue weighted by Gasteiger charge is -2.42.